The Morgan fingerprint density at radius 2 is 2.24 bits per heavy atom. The van der Waals surface area contributed by atoms with Crippen LogP contribution in [0, 0.1) is 0 Å². The number of rotatable bonds is 6. The zero-order valence-electron chi connectivity index (χ0n) is 11.4. The molecule has 2 amide bonds. The van der Waals surface area contributed by atoms with E-state index in [9.17, 15) is 9.59 Å². The van der Waals surface area contributed by atoms with Crippen molar-refractivity contribution in [1.82, 2.24) is 10.6 Å². The summed E-state index contributed by atoms with van der Waals surface area (Å²) in [6.45, 7) is 0.283. The number of benzene rings is 1. The van der Waals surface area contributed by atoms with Crippen molar-refractivity contribution in [2.45, 2.75) is 18.9 Å². The fourth-order valence-corrected chi connectivity index (χ4v) is 2.23. The number of amides is 2. The topological polar surface area (TPSA) is 93.4 Å². The molecule has 0 bridgehead atoms. The first kappa shape index (κ1) is 15.2. The third-order valence-electron chi connectivity index (χ3n) is 3.14. The van der Waals surface area contributed by atoms with Gasteiger partial charge >= 0.3 is 0 Å². The Labute approximate surface area is 128 Å². The van der Waals surface area contributed by atoms with Crippen molar-refractivity contribution < 1.29 is 14.3 Å². The van der Waals surface area contributed by atoms with Gasteiger partial charge in [-0.15, -0.1) is 0 Å². The molecule has 112 valence electrons. The smallest absolute Gasteiger partial charge is 0.258 e. The quantitative estimate of drug-likeness (QED) is 0.648. The minimum Gasteiger partial charge on any atom is -0.483 e. The fourth-order valence-electron chi connectivity index (χ4n) is 2.06. The molecule has 1 atom stereocenters. The molecule has 21 heavy (non-hydrogen) atoms. The highest BCUT2D eigenvalue weighted by Crippen LogP contribution is 2.17. The molecule has 1 saturated heterocycles. The Bertz CT molecular complexity index is 562. The summed E-state index contributed by atoms with van der Waals surface area (Å²) in [5, 5.41) is 5.50. The predicted octanol–water partition coefficient (Wildman–Crippen LogP) is 0.0944. The Morgan fingerprint density at radius 1 is 1.48 bits per heavy atom. The Kier molecular flexibility index (Phi) is 5.10. The van der Waals surface area contributed by atoms with Crippen LogP contribution in [0.4, 0.5) is 0 Å². The summed E-state index contributed by atoms with van der Waals surface area (Å²) < 4.78 is 5.43. The number of hydrogen-bond acceptors (Lipinski definition) is 4. The van der Waals surface area contributed by atoms with Crippen LogP contribution in [0.5, 0.6) is 5.75 Å². The highest BCUT2D eigenvalue weighted by atomic mass is 32.1. The lowest BCUT2D eigenvalue weighted by atomic mass is 10.2. The van der Waals surface area contributed by atoms with Gasteiger partial charge in [-0.2, -0.15) is 0 Å². The van der Waals surface area contributed by atoms with Crippen molar-refractivity contribution in [2.75, 3.05) is 13.2 Å². The van der Waals surface area contributed by atoms with Gasteiger partial charge in [0.15, 0.2) is 6.61 Å². The molecule has 1 aliphatic rings. The van der Waals surface area contributed by atoms with E-state index in [1.807, 2.05) is 0 Å². The van der Waals surface area contributed by atoms with Gasteiger partial charge in [-0.3, -0.25) is 9.59 Å². The molecular weight excluding hydrogens is 290 g/mol. The van der Waals surface area contributed by atoms with Crippen molar-refractivity contribution in [3.8, 4) is 5.75 Å². The number of ether oxygens (including phenoxy) is 1. The zero-order chi connectivity index (χ0) is 15.2. The summed E-state index contributed by atoms with van der Waals surface area (Å²) in [5.41, 5.74) is 6.19. The highest BCUT2D eigenvalue weighted by molar-refractivity contribution is 7.80. The Morgan fingerprint density at radius 3 is 2.90 bits per heavy atom. The maximum Gasteiger partial charge on any atom is 0.258 e. The Hall–Kier alpha value is -2.15. The molecule has 6 nitrogen and oxygen atoms in total. The van der Waals surface area contributed by atoms with Crippen LogP contribution in [0.1, 0.15) is 18.4 Å². The van der Waals surface area contributed by atoms with E-state index in [0.717, 1.165) is 6.42 Å². The second-order valence-electron chi connectivity index (χ2n) is 4.76. The molecule has 0 radical (unpaired) electrons. The van der Waals surface area contributed by atoms with Crippen molar-refractivity contribution >= 4 is 29.0 Å². The van der Waals surface area contributed by atoms with E-state index >= 15 is 0 Å². The van der Waals surface area contributed by atoms with E-state index in [4.69, 9.17) is 22.7 Å². The first-order valence-corrected chi connectivity index (χ1v) is 7.05. The van der Waals surface area contributed by atoms with Gasteiger partial charge in [0, 0.05) is 19.0 Å². The largest absolute Gasteiger partial charge is 0.483 e. The summed E-state index contributed by atoms with van der Waals surface area (Å²) in [4.78, 5) is 23.0. The second kappa shape index (κ2) is 7.03. The van der Waals surface area contributed by atoms with Gasteiger partial charge in [0.1, 0.15) is 10.7 Å². The van der Waals surface area contributed by atoms with Crippen LogP contribution >= 0.6 is 12.2 Å². The summed E-state index contributed by atoms with van der Waals surface area (Å²) in [6.07, 6.45) is 1.25. The number of para-hydroxylation sites is 1. The molecule has 2 rings (SSSR count). The maximum atomic E-state index is 11.7. The van der Waals surface area contributed by atoms with Gasteiger partial charge in [0.05, 0.1) is 5.56 Å². The molecule has 0 saturated carbocycles. The van der Waals surface area contributed by atoms with Crippen LogP contribution in [0.2, 0.25) is 0 Å². The number of carbonyl (C=O) groups excluding carboxylic acids is 2. The van der Waals surface area contributed by atoms with Gasteiger partial charge < -0.3 is 21.1 Å². The average Bonchev–Trinajstić information content (AvgIpc) is 2.88. The minimum absolute atomic E-state index is 0.00496. The van der Waals surface area contributed by atoms with Gasteiger partial charge in [-0.25, -0.2) is 0 Å². The molecule has 0 aliphatic carbocycles. The minimum atomic E-state index is -0.256. The number of nitrogens with one attached hydrogen (secondary N) is 2. The molecule has 1 unspecified atom stereocenters. The second-order valence-corrected chi connectivity index (χ2v) is 5.20. The standard InChI is InChI=1S/C14H17N3O3S/c15-14(21)10-3-1-2-4-11(10)20-8-13(19)16-7-9-5-6-12(18)17-9/h1-4,9H,5-8H2,(H2,15,21)(H,16,19)(H,17,18). The first-order valence-electron chi connectivity index (χ1n) is 6.64. The lowest BCUT2D eigenvalue weighted by molar-refractivity contribution is -0.123. The van der Waals surface area contributed by atoms with E-state index < -0.39 is 0 Å². The maximum absolute atomic E-state index is 11.7. The molecule has 1 aromatic rings. The van der Waals surface area contributed by atoms with E-state index in [-0.39, 0.29) is 29.5 Å². The van der Waals surface area contributed by atoms with Gasteiger partial charge in [0.25, 0.3) is 5.91 Å². The van der Waals surface area contributed by atoms with Crippen LogP contribution in [-0.4, -0.2) is 36.0 Å². The SMILES string of the molecule is NC(=S)c1ccccc1OCC(=O)NCC1CCC(=O)N1. The average molecular weight is 307 g/mol. The molecule has 1 aliphatic heterocycles. The molecule has 1 heterocycles. The lowest BCUT2D eigenvalue weighted by Gasteiger charge is -2.13. The van der Waals surface area contributed by atoms with Crippen LogP contribution in [0.25, 0.3) is 0 Å². The van der Waals surface area contributed by atoms with Crippen molar-refractivity contribution in [3.05, 3.63) is 29.8 Å². The monoisotopic (exact) mass is 307 g/mol. The van der Waals surface area contributed by atoms with Crippen LogP contribution in [0.3, 0.4) is 0 Å². The highest BCUT2D eigenvalue weighted by Gasteiger charge is 2.20. The molecule has 1 aromatic carbocycles. The summed E-state index contributed by atoms with van der Waals surface area (Å²) >= 11 is 4.92. The number of thiocarbonyl (C=S) groups is 1. The zero-order valence-corrected chi connectivity index (χ0v) is 12.2. The van der Waals surface area contributed by atoms with E-state index in [1.165, 1.54) is 0 Å². The molecule has 1 fully saturated rings. The van der Waals surface area contributed by atoms with E-state index in [1.54, 1.807) is 24.3 Å². The number of hydrogen-bond donors (Lipinski definition) is 3. The van der Waals surface area contributed by atoms with Crippen molar-refractivity contribution in [2.24, 2.45) is 5.73 Å². The molecule has 0 aromatic heterocycles. The van der Waals surface area contributed by atoms with Crippen molar-refractivity contribution in [1.29, 1.82) is 0 Å². The summed E-state index contributed by atoms with van der Waals surface area (Å²) in [6, 6.07) is 7.03. The molecule has 7 heteroatoms. The molecular formula is C14H17N3O3S. The van der Waals surface area contributed by atoms with Crippen LogP contribution in [0.15, 0.2) is 24.3 Å². The van der Waals surface area contributed by atoms with Gasteiger partial charge in [-0.1, -0.05) is 24.4 Å². The third kappa shape index (κ3) is 4.42. The third-order valence-corrected chi connectivity index (χ3v) is 3.36. The predicted molar refractivity (Wildman–Crippen MR) is 82.0 cm³/mol. The van der Waals surface area contributed by atoms with Gasteiger partial charge in [0.2, 0.25) is 5.91 Å². The van der Waals surface area contributed by atoms with Crippen LogP contribution in [-0.2, 0) is 9.59 Å². The number of nitrogens with two attached hydrogens (primary N) is 1. The summed E-state index contributed by atoms with van der Waals surface area (Å²) in [7, 11) is 0. The lowest BCUT2D eigenvalue weighted by Crippen LogP contribution is -2.40. The van der Waals surface area contributed by atoms with Crippen LogP contribution < -0.4 is 21.1 Å². The molecule has 4 N–H and O–H groups in total. The van der Waals surface area contributed by atoms with E-state index in [0.29, 0.717) is 24.3 Å². The van der Waals surface area contributed by atoms with E-state index in [2.05, 4.69) is 10.6 Å². The normalized spacial score (nSPS) is 17.1. The first-order chi connectivity index (χ1) is 10.1. The Balaban J connectivity index is 1.79. The number of carbonyl (C=O) groups is 2. The van der Waals surface area contributed by atoms with Crippen molar-refractivity contribution in [3.63, 3.8) is 0 Å². The summed E-state index contributed by atoms with van der Waals surface area (Å²) in [5.74, 6) is 0.249. The van der Waals surface area contributed by atoms with Gasteiger partial charge in [-0.05, 0) is 18.6 Å². The fraction of sp³-hybridized carbons (Fsp3) is 0.357. The molecule has 0 spiro atoms.